The van der Waals surface area contributed by atoms with E-state index in [-0.39, 0.29) is 5.28 Å². The molecule has 1 aromatic heterocycles. The molecule has 7 heteroatoms. The lowest BCUT2D eigenvalue weighted by atomic mass is 10.3. The van der Waals surface area contributed by atoms with Crippen LogP contribution in [0.15, 0.2) is 0 Å². The molecule has 118 valence electrons. The molecule has 0 saturated carbocycles. The topological polar surface area (TPSA) is 63.2 Å². The quantitative estimate of drug-likeness (QED) is 0.745. The third kappa shape index (κ3) is 5.63. The van der Waals surface area contributed by atoms with Crippen molar-refractivity contribution in [2.45, 2.75) is 45.6 Å². The predicted octanol–water partition coefficient (Wildman–Crippen LogP) is 2.74. The number of anilines is 2. The predicted molar refractivity (Wildman–Crippen MR) is 85.1 cm³/mol. The van der Waals surface area contributed by atoms with Crippen molar-refractivity contribution < 1.29 is 4.74 Å². The van der Waals surface area contributed by atoms with Crippen LogP contribution in [-0.2, 0) is 4.74 Å². The van der Waals surface area contributed by atoms with E-state index in [9.17, 15) is 0 Å². The van der Waals surface area contributed by atoms with Crippen LogP contribution in [-0.4, -0.2) is 47.3 Å². The zero-order chi connectivity index (χ0) is 15.1. The molecule has 1 fully saturated rings. The van der Waals surface area contributed by atoms with E-state index in [1.807, 2.05) is 13.8 Å². The molecule has 0 spiro atoms. The van der Waals surface area contributed by atoms with Crippen molar-refractivity contribution in [3.05, 3.63) is 5.28 Å². The Hall–Kier alpha value is -1.14. The van der Waals surface area contributed by atoms with Gasteiger partial charge >= 0.3 is 0 Å². The summed E-state index contributed by atoms with van der Waals surface area (Å²) in [5.74, 6) is 1.24. The second-order valence-corrected chi connectivity index (χ2v) is 5.81. The van der Waals surface area contributed by atoms with Gasteiger partial charge in [-0.1, -0.05) is 0 Å². The van der Waals surface area contributed by atoms with E-state index >= 15 is 0 Å². The Bertz CT molecular complexity index is 437. The molecule has 0 unspecified atom stereocenters. The molecule has 0 atom stereocenters. The van der Waals surface area contributed by atoms with Crippen LogP contribution in [0.2, 0.25) is 5.28 Å². The van der Waals surface area contributed by atoms with E-state index in [1.54, 1.807) is 0 Å². The number of hydrogen-bond acceptors (Lipinski definition) is 6. The highest BCUT2D eigenvalue weighted by Gasteiger charge is 2.16. The Balaban J connectivity index is 1.77. The highest BCUT2D eigenvalue weighted by molar-refractivity contribution is 6.28. The standard InChI is InChI=1S/C14H24ClN5O/c1-11(2)21-10-6-3-7-16-13-17-12(15)18-14(19-13)20-8-4-5-9-20/h11H,3-10H2,1-2H3,(H,16,17,18,19). The summed E-state index contributed by atoms with van der Waals surface area (Å²) >= 11 is 5.98. The summed E-state index contributed by atoms with van der Waals surface area (Å²) in [6, 6.07) is 0. The summed E-state index contributed by atoms with van der Waals surface area (Å²) in [5.41, 5.74) is 0. The van der Waals surface area contributed by atoms with E-state index in [4.69, 9.17) is 16.3 Å². The van der Waals surface area contributed by atoms with Crippen molar-refractivity contribution in [2.75, 3.05) is 36.5 Å². The van der Waals surface area contributed by atoms with E-state index in [2.05, 4.69) is 25.2 Å². The van der Waals surface area contributed by atoms with Gasteiger partial charge in [-0.2, -0.15) is 15.0 Å². The van der Waals surface area contributed by atoms with Crippen LogP contribution >= 0.6 is 11.6 Å². The average Bonchev–Trinajstić information content (AvgIpc) is 2.96. The molecule has 0 bridgehead atoms. The number of hydrogen-bond donors (Lipinski definition) is 1. The third-order valence-electron chi connectivity index (χ3n) is 3.29. The summed E-state index contributed by atoms with van der Waals surface area (Å²) in [7, 11) is 0. The van der Waals surface area contributed by atoms with E-state index in [1.165, 1.54) is 12.8 Å². The Labute approximate surface area is 131 Å². The zero-order valence-electron chi connectivity index (χ0n) is 12.8. The Morgan fingerprint density at radius 3 is 2.67 bits per heavy atom. The summed E-state index contributed by atoms with van der Waals surface area (Å²) in [6.45, 7) is 7.67. The number of nitrogens with one attached hydrogen (secondary N) is 1. The van der Waals surface area contributed by atoms with Gasteiger partial charge in [-0.15, -0.1) is 0 Å². The van der Waals surface area contributed by atoms with Gasteiger partial charge in [0.25, 0.3) is 0 Å². The van der Waals surface area contributed by atoms with Crippen LogP contribution in [0, 0.1) is 0 Å². The molecule has 0 aromatic carbocycles. The lowest BCUT2D eigenvalue weighted by molar-refractivity contribution is 0.0765. The molecule has 2 rings (SSSR count). The summed E-state index contributed by atoms with van der Waals surface area (Å²) in [4.78, 5) is 14.9. The van der Waals surface area contributed by atoms with Crippen molar-refractivity contribution in [3.8, 4) is 0 Å². The maximum atomic E-state index is 5.98. The van der Waals surface area contributed by atoms with Gasteiger partial charge in [0.2, 0.25) is 17.2 Å². The van der Waals surface area contributed by atoms with Crippen LogP contribution in [0.4, 0.5) is 11.9 Å². The first-order valence-corrected chi connectivity index (χ1v) is 8.05. The SMILES string of the molecule is CC(C)OCCCCNc1nc(Cl)nc(N2CCCC2)n1. The fraction of sp³-hybridized carbons (Fsp3) is 0.786. The van der Waals surface area contributed by atoms with Crippen LogP contribution in [0.1, 0.15) is 39.5 Å². The van der Waals surface area contributed by atoms with Crippen LogP contribution in [0.3, 0.4) is 0 Å². The number of ether oxygens (including phenoxy) is 1. The molecule has 1 aliphatic rings. The fourth-order valence-electron chi connectivity index (χ4n) is 2.22. The van der Waals surface area contributed by atoms with Crippen molar-refractivity contribution in [2.24, 2.45) is 0 Å². The van der Waals surface area contributed by atoms with Crippen molar-refractivity contribution in [3.63, 3.8) is 0 Å². The smallest absolute Gasteiger partial charge is 0.231 e. The first-order valence-electron chi connectivity index (χ1n) is 7.67. The summed E-state index contributed by atoms with van der Waals surface area (Å²) in [5, 5.41) is 3.46. The highest BCUT2D eigenvalue weighted by Crippen LogP contribution is 2.18. The van der Waals surface area contributed by atoms with Gasteiger partial charge in [-0.05, 0) is 51.1 Å². The van der Waals surface area contributed by atoms with Crippen molar-refractivity contribution in [1.29, 1.82) is 0 Å². The molecule has 0 radical (unpaired) electrons. The maximum absolute atomic E-state index is 5.98. The molecule has 1 aliphatic heterocycles. The first-order chi connectivity index (χ1) is 10.1. The minimum absolute atomic E-state index is 0.248. The minimum Gasteiger partial charge on any atom is -0.379 e. The fourth-order valence-corrected chi connectivity index (χ4v) is 2.38. The van der Waals surface area contributed by atoms with Crippen LogP contribution in [0.5, 0.6) is 0 Å². The average molecular weight is 314 g/mol. The number of unbranched alkanes of at least 4 members (excludes halogenated alkanes) is 1. The molecule has 1 aromatic rings. The van der Waals surface area contributed by atoms with E-state index < -0.39 is 0 Å². The molecular formula is C14H24ClN5O. The molecule has 6 nitrogen and oxygen atoms in total. The van der Waals surface area contributed by atoms with Gasteiger partial charge in [0.05, 0.1) is 6.10 Å². The Kier molecular flexibility index (Phi) is 6.45. The second kappa shape index (κ2) is 8.34. The molecule has 0 amide bonds. The van der Waals surface area contributed by atoms with Crippen molar-refractivity contribution in [1.82, 2.24) is 15.0 Å². The van der Waals surface area contributed by atoms with Gasteiger partial charge in [0, 0.05) is 26.2 Å². The minimum atomic E-state index is 0.248. The monoisotopic (exact) mass is 313 g/mol. The molecule has 2 heterocycles. The van der Waals surface area contributed by atoms with Crippen molar-refractivity contribution >= 4 is 23.5 Å². The van der Waals surface area contributed by atoms with Gasteiger partial charge in [-0.25, -0.2) is 0 Å². The van der Waals surface area contributed by atoms with Crippen LogP contribution in [0.25, 0.3) is 0 Å². The number of halogens is 1. The number of nitrogens with zero attached hydrogens (tertiary/aromatic N) is 4. The first kappa shape index (κ1) is 16.2. The molecule has 1 saturated heterocycles. The zero-order valence-corrected chi connectivity index (χ0v) is 13.6. The van der Waals surface area contributed by atoms with Gasteiger partial charge in [-0.3, -0.25) is 0 Å². The molecule has 1 N–H and O–H groups in total. The molecular weight excluding hydrogens is 290 g/mol. The number of aromatic nitrogens is 3. The van der Waals surface area contributed by atoms with E-state index in [0.29, 0.717) is 18.0 Å². The van der Waals surface area contributed by atoms with Gasteiger partial charge < -0.3 is 15.0 Å². The Morgan fingerprint density at radius 2 is 1.95 bits per heavy atom. The lowest BCUT2D eigenvalue weighted by Crippen LogP contribution is -2.21. The van der Waals surface area contributed by atoms with Gasteiger partial charge in [0.15, 0.2) is 0 Å². The summed E-state index contributed by atoms with van der Waals surface area (Å²) < 4.78 is 5.50. The van der Waals surface area contributed by atoms with Crippen LogP contribution < -0.4 is 10.2 Å². The third-order valence-corrected chi connectivity index (χ3v) is 3.46. The molecule has 0 aliphatic carbocycles. The van der Waals surface area contributed by atoms with Gasteiger partial charge in [0.1, 0.15) is 0 Å². The lowest BCUT2D eigenvalue weighted by Gasteiger charge is -2.15. The second-order valence-electron chi connectivity index (χ2n) is 5.48. The Morgan fingerprint density at radius 1 is 1.19 bits per heavy atom. The largest absolute Gasteiger partial charge is 0.379 e. The number of rotatable bonds is 8. The maximum Gasteiger partial charge on any atom is 0.231 e. The normalized spacial score (nSPS) is 15.0. The molecule has 21 heavy (non-hydrogen) atoms. The summed E-state index contributed by atoms with van der Waals surface area (Å²) in [6.07, 6.45) is 4.69. The van der Waals surface area contributed by atoms with E-state index in [0.717, 1.165) is 39.1 Å². The highest BCUT2D eigenvalue weighted by atomic mass is 35.5.